The normalized spacial score (nSPS) is 19.3. The van der Waals surface area contributed by atoms with Crippen LogP contribution in [0.5, 0.6) is 5.75 Å². The van der Waals surface area contributed by atoms with Gasteiger partial charge in [-0.15, -0.1) is 0 Å². The fourth-order valence-electron chi connectivity index (χ4n) is 4.49. The molecule has 1 atom stereocenters. The summed E-state index contributed by atoms with van der Waals surface area (Å²) in [6.07, 6.45) is 1.97. The average Bonchev–Trinajstić information content (AvgIpc) is 3.33. The van der Waals surface area contributed by atoms with Crippen LogP contribution in [0.2, 0.25) is 5.02 Å². The second-order valence-electron chi connectivity index (χ2n) is 7.57. The summed E-state index contributed by atoms with van der Waals surface area (Å²) in [4.78, 5) is 2.55. The largest absolute Gasteiger partial charge is 0.494 e. The lowest BCUT2D eigenvalue weighted by molar-refractivity contribution is 0.0185. The zero-order valence-corrected chi connectivity index (χ0v) is 17.2. The van der Waals surface area contributed by atoms with Crippen molar-refractivity contribution in [2.75, 3.05) is 33.4 Å². The lowest BCUT2D eigenvalue weighted by Crippen LogP contribution is -2.44. The highest BCUT2D eigenvalue weighted by molar-refractivity contribution is 6.30. The highest BCUT2D eigenvalue weighted by atomic mass is 35.5. The predicted molar refractivity (Wildman–Crippen MR) is 114 cm³/mol. The smallest absolute Gasteiger partial charge is 0.144 e. The molecule has 0 bridgehead atoms. The lowest BCUT2D eigenvalue weighted by atomic mass is 10.0. The molecule has 1 fully saturated rings. The summed E-state index contributed by atoms with van der Waals surface area (Å²) < 4.78 is 13.2. The molecule has 1 aromatic heterocycles. The monoisotopic (exact) mass is 409 g/mol. The van der Waals surface area contributed by atoms with Gasteiger partial charge in [0.2, 0.25) is 0 Å². The second kappa shape index (κ2) is 7.82. The molecule has 0 N–H and O–H groups in total. The van der Waals surface area contributed by atoms with Gasteiger partial charge in [0.05, 0.1) is 31.7 Å². The van der Waals surface area contributed by atoms with Gasteiger partial charge in [0.25, 0.3) is 0 Å². The van der Waals surface area contributed by atoms with E-state index in [2.05, 4.69) is 23.1 Å². The Labute approximate surface area is 175 Å². The van der Waals surface area contributed by atoms with Gasteiger partial charge < -0.3 is 9.47 Å². The fraction of sp³-hybridized carbons (Fsp3) is 0.348. The van der Waals surface area contributed by atoms with E-state index in [1.807, 2.05) is 35.0 Å². The Morgan fingerprint density at radius 2 is 1.79 bits per heavy atom. The number of morpholine rings is 1. The van der Waals surface area contributed by atoms with Crippen LogP contribution in [0.1, 0.15) is 11.3 Å². The van der Waals surface area contributed by atoms with Crippen molar-refractivity contribution in [3.63, 3.8) is 0 Å². The van der Waals surface area contributed by atoms with Crippen molar-refractivity contribution >= 4 is 11.6 Å². The van der Waals surface area contributed by atoms with E-state index in [0.29, 0.717) is 6.04 Å². The fourth-order valence-corrected chi connectivity index (χ4v) is 4.62. The van der Waals surface area contributed by atoms with Crippen molar-refractivity contribution in [2.45, 2.75) is 18.9 Å². The first-order valence-corrected chi connectivity index (χ1v) is 10.4. The van der Waals surface area contributed by atoms with Gasteiger partial charge in [-0.05, 0) is 30.7 Å². The van der Waals surface area contributed by atoms with Crippen molar-refractivity contribution in [1.82, 2.24) is 14.7 Å². The van der Waals surface area contributed by atoms with Gasteiger partial charge in [-0.1, -0.05) is 35.9 Å². The highest BCUT2D eigenvalue weighted by Gasteiger charge is 2.34. The highest BCUT2D eigenvalue weighted by Crippen LogP contribution is 2.38. The molecule has 1 unspecified atom stereocenters. The number of nitrogens with zero attached hydrogens (tertiary/aromatic N) is 3. The average molecular weight is 410 g/mol. The van der Waals surface area contributed by atoms with Crippen LogP contribution in [-0.2, 0) is 17.6 Å². The molecule has 1 aliphatic heterocycles. The van der Waals surface area contributed by atoms with Gasteiger partial charge in [-0.2, -0.15) is 5.10 Å². The van der Waals surface area contributed by atoms with E-state index in [9.17, 15) is 0 Å². The number of ether oxygens (including phenoxy) is 2. The third kappa shape index (κ3) is 3.44. The molecule has 2 aromatic carbocycles. The molecule has 29 heavy (non-hydrogen) atoms. The molecule has 0 radical (unpaired) electrons. The van der Waals surface area contributed by atoms with Crippen LogP contribution in [-0.4, -0.2) is 54.1 Å². The third-order valence-electron chi connectivity index (χ3n) is 5.93. The number of fused-ring (bicyclic) bond motifs is 1. The molecule has 3 aromatic rings. The van der Waals surface area contributed by atoms with Crippen molar-refractivity contribution in [2.24, 2.45) is 0 Å². The van der Waals surface area contributed by atoms with Crippen molar-refractivity contribution < 1.29 is 9.47 Å². The molecule has 1 aliphatic carbocycles. The number of methoxy groups -OCH3 is 1. The van der Waals surface area contributed by atoms with Crippen LogP contribution in [0.4, 0.5) is 0 Å². The van der Waals surface area contributed by atoms with Crippen LogP contribution in [0.15, 0.2) is 48.5 Å². The molecule has 2 heterocycles. The van der Waals surface area contributed by atoms with Gasteiger partial charge >= 0.3 is 0 Å². The van der Waals surface area contributed by atoms with Crippen molar-refractivity contribution in [3.05, 3.63) is 64.8 Å². The van der Waals surface area contributed by atoms with Gasteiger partial charge in [0.1, 0.15) is 11.4 Å². The number of aromatic nitrogens is 2. The topological polar surface area (TPSA) is 39.5 Å². The van der Waals surface area contributed by atoms with Crippen molar-refractivity contribution in [3.8, 4) is 22.7 Å². The maximum absolute atomic E-state index is 6.16. The SMILES string of the molecule is COc1ccccc1-n1nc2c(c1-c1ccc(Cl)cc1)CC(N1CCOCC1)C2. The maximum atomic E-state index is 6.16. The minimum atomic E-state index is 0.495. The molecular formula is C23H24ClN3O2. The zero-order chi connectivity index (χ0) is 19.8. The summed E-state index contributed by atoms with van der Waals surface area (Å²) in [5, 5.41) is 5.80. The number of halogens is 1. The summed E-state index contributed by atoms with van der Waals surface area (Å²) in [5.74, 6) is 0.814. The van der Waals surface area contributed by atoms with Crippen LogP contribution < -0.4 is 4.74 Å². The Bertz CT molecular complexity index is 1010. The Balaban J connectivity index is 1.60. The Kier molecular flexibility index (Phi) is 5.04. The molecule has 150 valence electrons. The Morgan fingerprint density at radius 3 is 2.55 bits per heavy atom. The van der Waals surface area contributed by atoms with E-state index in [4.69, 9.17) is 26.2 Å². The molecule has 1 saturated heterocycles. The summed E-state index contributed by atoms with van der Waals surface area (Å²) in [5.41, 5.74) is 5.72. The van der Waals surface area contributed by atoms with E-state index < -0.39 is 0 Å². The van der Waals surface area contributed by atoms with Crippen LogP contribution in [0.25, 0.3) is 16.9 Å². The predicted octanol–water partition coefficient (Wildman–Crippen LogP) is 4.00. The minimum Gasteiger partial charge on any atom is -0.494 e. The number of rotatable bonds is 4. The van der Waals surface area contributed by atoms with E-state index in [-0.39, 0.29) is 0 Å². The standard InChI is InChI=1S/C23H24ClN3O2/c1-28-22-5-3-2-4-21(22)27-23(16-6-8-17(24)9-7-16)19-14-18(15-20(19)25-27)26-10-12-29-13-11-26/h2-9,18H,10-15H2,1H3. The first-order chi connectivity index (χ1) is 14.2. The third-order valence-corrected chi connectivity index (χ3v) is 6.18. The van der Waals surface area contributed by atoms with Gasteiger partial charge in [-0.25, -0.2) is 4.68 Å². The molecule has 5 nitrogen and oxygen atoms in total. The van der Waals surface area contributed by atoms with E-state index in [1.165, 1.54) is 11.3 Å². The van der Waals surface area contributed by atoms with Crippen LogP contribution in [0, 0.1) is 0 Å². The number of hydrogen-bond donors (Lipinski definition) is 0. The van der Waals surface area contributed by atoms with Crippen LogP contribution in [0.3, 0.4) is 0 Å². The zero-order valence-electron chi connectivity index (χ0n) is 16.5. The summed E-state index contributed by atoms with van der Waals surface area (Å²) in [6, 6.07) is 16.6. The lowest BCUT2D eigenvalue weighted by Gasteiger charge is -2.32. The Morgan fingerprint density at radius 1 is 1.03 bits per heavy atom. The first kappa shape index (κ1) is 18.7. The number of benzene rings is 2. The molecule has 0 amide bonds. The molecular weight excluding hydrogens is 386 g/mol. The number of hydrogen-bond acceptors (Lipinski definition) is 4. The molecule has 5 rings (SSSR count). The van der Waals surface area contributed by atoms with Gasteiger partial charge in [0, 0.05) is 41.7 Å². The summed E-state index contributed by atoms with van der Waals surface area (Å²) >= 11 is 6.16. The van der Waals surface area contributed by atoms with Crippen LogP contribution >= 0.6 is 11.6 Å². The summed E-state index contributed by atoms with van der Waals surface area (Å²) in [7, 11) is 1.70. The minimum absolute atomic E-state index is 0.495. The first-order valence-electron chi connectivity index (χ1n) is 10.1. The van der Waals surface area contributed by atoms with E-state index >= 15 is 0 Å². The molecule has 0 saturated carbocycles. The van der Waals surface area contributed by atoms with E-state index in [0.717, 1.165) is 66.9 Å². The van der Waals surface area contributed by atoms with Gasteiger partial charge in [-0.3, -0.25) is 4.90 Å². The Hall–Kier alpha value is -2.34. The molecule has 2 aliphatic rings. The van der Waals surface area contributed by atoms with Crippen molar-refractivity contribution in [1.29, 1.82) is 0 Å². The summed E-state index contributed by atoms with van der Waals surface area (Å²) in [6.45, 7) is 3.63. The molecule has 0 spiro atoms. The number of para-hydroxylation sites is 2. The van der Waals surface area contributed by atoms with E-state index in [1.54, 1.807) is 7.11 Å². The second-order valence-corrected chi connectivity index (χ2v) is 8.01. The quantitative estimate of drug-likeness (QED) is 0.653. The van der Waals surface area contributed by atoms with Gasteiger partial charge in [0.15, 0.2) is 0 Å². The maximum Gasteiger partial charge on any atom is 0.144 e. The molecule has 6 heteroatoms.